The fraction of sp³-hybridized carbons (Fsp3) is 0.480. The van der Waals surface area contributed by atoms with Crippen LogP contribution in [-0.4, -0.2) is 51.9 Å². The number of nitrogens with one attached hydrogen (secondary N) is 2. The van der Waals surface area contributed by atoms with E-state index < -0.39 is 0 Å². The first-order valence-corrected chi connectivity index (χ1v) is 11.3. The van der Waals surface area contributed by atoms with Crippen LogP contribution in [0.4, 0.5) is 11.4 Å². The first kappa shape index (κ1) is 21.7. The minimum absolute atomic E-state index is 0.161. The fourth-order valence-corrected chi connectivity index (χ4v) is 4.44. The second-order valence-electron chi connectivity index (χ2n) is 8.43. The average Bonchev–Trinajstić information content (AvgIpc) is 2.84. The number of amides is 1. The van der Waals surface area contributed by atoms with Crippen LogP contribution in [0.3, 0.4) is 0 Å². The average molecular weight is 424 g/mol. The summed E-state index contributed by atoms with van der Waals surface area (Å²) in [6.45, 7) is 4.98. The van der Waals surface area contributed by atoms with Gasteiger partial charge >= 0.3 is 0 Å². The van der Waals surface area contributed by atoms with E-state index in [9.17, 15) is 4.79 Å². The molecule has 0 bridgehead atoms. The molecule has 4 rings (SSSR count). The predicted molar refractivity (Wildman–Crippen MR) is 124 cm³/mol. The summed E-state index contributed by atoms with van der Waals surface area (Å²) in [5, 5.41) is 6.79. The Labute approximate surface area is 184 Å². The Kier molecular flexibility index (Phi) is 7.43. The number of rotatable bonds is 7. The number of anilines is 2. The standard InChI is InChI=1S/C25H33N3O3/c1-30-24-8-3-2-7-23(24)25(29)27-21-5-4-6-22(17-21)28-13-9-20(10-14-28)26-18-19-11-15-31-16-12-19/h2-8,17,19-20,26H,9-16,18H2,1H3,(H,27,29). The van der Waals surface area contributed by atoms with E-state index in [1.54, 1.807) is 19.2 Å². The maximum Gasteiger partial charge on any atom is 0.259 e. The number of benzene rings is 2. The minimum Gasteiger partial charge on any atom is -0.496 e. The number of para-hydroxylation sites is 1. The number of hydrogen-bond acceptors (Lipinski definition) is 5. The van der Waals surface area contributed by atoms with Crippen LogP contribution in [0.15, 0.2) is 48.5 Å². The van der Waals surface area contributed by atoms with Gasteiger partial charge in [0.05, 0.1) is 12.7 Å². The summed E-state index contributed by atoms with van der Waals surface area (Å²) in [6.07, 6.45) is 4.64. The molecule has 6 heteroatoms. The molecule has 2 fully saturated rings. The summed E-state index contributed by atoms with van der Waals surface area (Å²) in [6, 6.07) is 16.0. The molecule has 31 heavy (non-hydrogen) atoms. The molecule has 0 atom stereocenters. The number of carbonyl (C=O) groups is 1. The maximum atomic E-state index is 12.7. The summed E-state index contributed by atoms with van der Waals surface area (Å²) in [5.74, 6) is 1.17. The second-order valence-corrected chi connectivity index (χ2v) is 8.43. The van der Waals surface area contributed by atoms with Crippen LogP contribution in [0.1, 0.15) is 36.0 Å². The van der Waals surface area contributed by atoms with E-state index in [4.69, 9.17) is 9.47 Å². The van der Waals surface area contributed by atoms with Gasteiger partial charge in [-0.3, -0.25) is 4.79 Å². The van der Waals surface area contributed by atoms with Crippen LogP contribution < -0.4 is 20.3 Å². The van der Waals surface area contributed by atoms with Crippen LogP contribution in [-0.2, 0) is 4.74 Å². The van der Waals surface area contributed by atoms with Crippen molar-refractivity contribution in [1.29, 1.82) is 0 Å². The predicted octanol–water partition coefficient (Wildman–Crippen LogP) is 3.93. The topological polar surface area (TPSA) is 62.8 Å². The quantitative estimate of drug-likeness (QED) is 0.707. The third-order valence-corrected chi connectivity index (χ3v) is 6.35. The van der Waals surface area contributed by atoms with Crippen LogP contribution >= 0.6 is 0 Å². The van der Waals surface area contributed by atoms with Crippen molar-refractivity contribution in [2.24, 2.45) is 5.92 Å². The van der Waals surface area contributed by atoms with Crippen LogP contribution in [0, 0.1) is 5.92 Å². The van der Waals surface area contributed by atoms with Crippen LogP contribution in [0.2, 0.25) is 0 Å². The normalized spacial score (nSPS) is 18.0. The van der Waals surface area contributed by atoms with Gasteiger partial charge in [-0.2, -0.15) is 0 Å². The Bertz CT molecular complexity index is 859. The molecule has 2 N–H and O–H groups in total. The Balaban J connectivity index is 1.30. The van der Waals surface area contributed by atoms with E-state index in [-0.39, 0.29) is 5.91 Å². The summed E-state index contributed by atoms with van der Waals surface area (Å²) in [7, 11) is 1.58. The van der Waals surface area contributed by atoms with Crippen molar-refractivity contribution in [3.63, 3.8) is 0 Å². The van der Waals surface area contributed by atoms with Gasteiger partial charge < -0.3 is 25.0 Å². The first-order valence-electron chi connectivity index (χ1n) is 11.3. The van der Waals surface area contributed by atoms with Crippen molar-refractivity contribution in [2.45, 2.75) is 31.7 Å². The number of hydrogen-bond donors (Lipinski definition) is 2. The van der Waals surface area contributed by atoms with Crippen molar-refractivity contribution in [3.05, 3.63) is 54.1 Å². The van der Waals surface area contributed by atoms with E-state index in [0.717, 1.165) is 63.0 Å². The van der Waals surface area contributed by atoms with Gasteiger partial charge in [0.2, 0.25) is 0 Å². The van der Waals surface area contributed by atoms with Gasteiger partial charge in [0, 0.05) is 43.7 Å². The number of carbonyl (C=O) groups excluding carboxylic acids is 1. The van der Waals surface area contributed by atoms with Gasteiger partial charge in [0.1, 0.15) is 5.75 Å². The number of methoxy groups -OCH3 is 1. The zero-order valence-corrected chi connectivity index (χ0v) is 18.3. The summed E-state index contributed by atoms with van der Waals surface area (Å²) in [4.78, 5) is 15.1. The molecule has 166 valence electrons. The molecule has 2 heterocycles. The van der Waals surface area contributed by atoms with Crippen molar-refractivity contribution < 1.29 is 14.3 Å². The summed E-state index contributed by atoms with van der Waals surface area (Å²) in [5.41, 5.74) is 2.49. The molecule has 2 aromatic rings. The Morgan fingerprint density at radius 2 is 1.84 bits per heavy atom. The highest BCUT2D eigenvalue weighted by atomic mass is 16.5. The third-order valence-electron chi connectivity index (χ3n) is 6.35. The third kappa shape index (κ3) is 5.77. The molecule has 0 radical (unpaired) electrons. The lowest BCUT2D eigenvalue weighted by Crippen LogP contribution is -2.44. The van der Waals surface area contributed by atoms with E-state index in [1.807, 2.05) is 24.3 Å². The second kappa shape index (κ2) is 10.6. The van der Waals surface area contributed by atoms with Gasteiger partial charge in [-0.15, -0.1) is 0 Å². The van der Waals surface area contributed by atoms with E-state index in [0.29, 0.717) is 17.4 Å². The van der Waals surface area contributed by atoms with E-state index >= 15 is 0 Å². The molecule has 2 aromatic carbocycles. The molecule has 0 aliphatic carbocycles. The molecule has 2 saturated heterocycles. The summed E-state index contributed by atoms with van der Waals surface area (Å²) < 4.78 is 10.8. The van der Waals surface area contributed by atoms with Crippen LogP contribution in [0.25, 0.3) is 0 Å². The lowest BCUT2D eigenvalue weighted by Gasteiger charge is -2.35. The largest absolute Gasteiger partial charge is 0.496 e. The summed E-state index contributed by atoms with van der Waals surface area (Å²) >= 11 is 0. The fourth-order valence-electron chi connectivity index (χ4n) is 4.44. The molecule has 0 aromatic heterocycles. The number of nitrogens with zero attached hydrogens (tertiary/aromatic N) is 1. The van der Waals surface area contributed by atoms with Gasteiger partial charge in [0.25, 0.3) is 5.91 Å². The highest BCUT2D eigenvalue weighted by Crippen LogP contribution is 2.25. The molecule has 2 aliphatic rings. The van der Waals surface area contributed by atoms with Gasteiger partial charge in [-0.25, -0.2) is 0 Å². The Morgan fingerprint density at radius 1 is 1.06 bits per heavy atom. The zero-order chi connectivity index (χ0) is 21.5. The van der Waals surface area contributed by atoms with Gasteiger partial charge in [-0.05, 0) is 68.5 Å². The smallest absolute Gasteiger partial charge is 0.259 e. The molecular weight excluding hydrogens is 390 g/mol. The maximum absolute atomic E-state index is 12.7. The van der Waals surface area contributed by atoms with Gasteiger partial charge in [-0.1, -0.05) is 18.2 Å². The van der Waals surface area contributed by atoms with Crippen molar-refractivity contribution in [1.82, 2.24) is 5.32 Å². The monoisotopic (exact) mass is 423 g/mol. The lowest BCUT2D eigenvalue weighted by atomic mass is 9.98. The molecule has 6 nitrogen and oxygen atoms in total. The van der Waals surface area contributed by atoms with E-state index in [2.05, 4.69) is 27.7 Å². The highest BCUT2D eigenvalue weighted by molar-refractivity contribution is 6.06. The van der Waals surface area contributed by atoms with Crippen molar-refractivity contribution in [2.75, 3.05) is 50.2 Å². The number of piperidine rings is 1. The van der Waals surface area contributed by atoms with E-state index in [1.165, 1.54) is 12.8 Å². The number of ether oxygens (including phenoxy) is 2. The first-order chi connectivity index (χ1) is 15.2. The Hall–Kier alpha value is -2.57. The van der Waals surface area contributed by atoms with Gasteiger partial charge in [0.15, 0.2) is 0 Å². The molecular formula is C25H33N3O3. The Morgan fingerprint density at radius 3 is 2.61 bits per heavy atom. The SMILES string of the molecule is COc1ccccc1C(=O)Nc1cccc(N2CCC(NCC3CCOCC3)CC2)c1. The molecule has 0 saturated carbocycles. The zero-order valence-electron chi connectivity index (χ0n) is 18.3. The molecule has 0 spiro atoms. The highest BCUT2D eigenvalue weighted by Gasteiger charge is 2.21. The molecule has 2 aliphatic heterocycles. The van der Waals surface area contributed by atoms with Crippen molar-refractivity contribution >= 4 is 17.3 Å². The minimum atomic E-state index is -0.161. The molecule has 0 unspecified atom stereocenters. The lowest BCUT2D eigenvalue weighted by molar-refractivity contribution is 0.0651. The van der Waals surface area contributed by atoms with Crippen molar-refractivity contribution in [3.8, 4) is 5.75 Å². The molecule has 1 amide bonds. The van der Waals surface area contributed by atoms with Crippen LogP contribution in [0.5, 0.6) is 5.75 Å².